The maximum atomic E-state index is 12.2. The van der Waals surface area contributed by atoms with Gasteiger partial charge in [-0.05, 0) is 25.0 Å². The Morgan fingerprint density at radius 1 is 1.04 bits per heavy atom. The fraction of sp³-hybridized carbons (Fsp3) is 0.238. The van der Waals surface area contributed by atoms with E-state index in [1.165, 1.54) is 0 Å². The third-order valence-corrected chi connectivity index (χ3v) is 4.37. The number of carbonyl (C=O) groups excluding carboxylic acids is 2. The van der Waals surface area contributed by atoms with Crippen molar-refractivity contribution in [2.75, 3.05) is 13.2 Å². The Labute approximate surface area is 163 Å². The molecule has 28 heavy (non-hydrogen) atoms. The van der Waals surface area contributed by atoms with Crippen LogP contribution in [0.5, 0.6) is 0 Å². The Balaban J connectivity index is 1.33. The number of urea groups is 1. The number of fused-ring (bicyclic) bond motifs is 1. The molecule has 7 nitrogen and oxygen atoms in total. The van der Waals surface area contributed by atoms with Gasteiger partial charge in [-0.25, -0.2) is 10.2 Å². The summed E-state index contributed by atoms with van der Waals surface area (Å²) in [5.74, 6) is -0.382. The molecule has 3 amide bonds. The first-order chi connectivity index (χ1) is 13.6. The van der Waals surface area contributed by atoms with Crippen LogP contribution in [-0.2, 0) is 4.74 Å². The van der Waals surface area contributed by atoms with Gasteiger partial charge >= 0.3 is 6.03 Å². The molecule has 7 heteroatoms. The molecular formula is C21H24N4O3. The molecule has 1 aromatic heterocycles. The zero-order chi connectivity index (χ0) is 19.8. The minimum Gasteiger partial charge on any atom is -0.374 e. The molecule has 0 saturated heterocycles. The van der Waals surface area contributed by atoms with Gasteiger partial charge in [0.1, 0.15) is 0 Å². The molecule has 0 radical (unpaired) electrons. The van der Waals surface area contributed by atoms with E-state index in [0.29, 0.717) is 25.1 Å². The zero-order valence-electron chi connectivity index (χ0n) is 15.7. The lowest BCUT2D eigenvalue weighted by Gasteiger charge is -2.13. The van der Waals surface area contributed by atoms with Gasteiger partial charge < -0.3 is 15.0 Å². The van der Waals surface area contributed by atoms with E-state index in [1.54, 1.807) is 6.20 Å². The van der Waals surface area contributed by atoms with Crippen molar-refractivity contribution in [3.8, 4) is 0 Å². The average Bonchev–Trinajstić information content (AvgIpc) is 3.16. The third kappa shape index (κ3) is 5.11. The second-order valence-corrected chi connectivity index (χ2v) is 6.36. The molecule has 0 aliphatic carbocycles. The van der Waals surface area contributed by atoms with Crippen LogP contribution in [0.2, 0.25) is 0 Å². The smallest absolute Gasteiger partial charge is 0.333 e. The van der Waals surface area contributed by atoms with Crippen molar-refractivity contribution in [1.29, 1.82) is 0 Å². The summed E-state index contributed by atoms with van der Waals surface area (Å²) in [6.45, 7) is 2.96. The number of hydrazine groups is 1. The minimum atomic E-state index is -0.468. The van der Waals surface area contributed by atoms with E-state index < -0.39 is 6.03 Å². The van der Waals surface area contributed by atoms with E-state index in [4.69, 9.17) is 4.74 Å². The second kappa shape index (κ2) is 9.57. The fourth-order valence-electron chi connectivity index (χ4n) is 2.84. The molecule has 0 aliphatic rings. The van der Waals surface area contributed by atoms with Gasteiger partial charge in [0, 0.05) is 30.3 Å². The van der Waals surface area contributed by atoms with Gasteiger partial charge in [-0.15, -0.1) is 0 Å². The summed E-state index contributed by atoms with van der Waals surface area (Å²) in [6.07, 6.45) is 2.29. The molecule has 4 N–H and O–H groups in total. The molecule has 0 aliphatic heterocycles. The summed E-state index contributed by atoms with van der Waals surface area (Å²) in [5, 5.41) is 3.48. The molecule has 1 heterocycles. The van der Waals surface area contributed by atoms with Crippen molar-refractivity contribution in [2.45, 2.75) is 19.4 Å². The Kier molecular flexibility index (Phi) is 6.64. The Hall–Kier alpha value is -3.32. The molecule has 0 fully saturated rings. The van der Waals surface area contributed by atoms with Gasteiger partial charge in [0.15, 0.2) is 0 Å². The SMILES string of the molecule is C[C@@H](OCCCNC(=O)NNC(=O)c1c[nH]c2ccccc12)c1ccccc1. The number of aromatic amines is 1. The van der Waals surface area contributed by atoms with Crippen molar-refractivity contribution < 1.29 is 14.3 Å². The van der Waals surface area contributed by atoms with Gasteiger partial charge in [-0.2, -0.15) is 0 Å². The molecular weight excluding hydrogens is 356 g/mol. The number of nitrogens with one attached hydrogen (secondary N) is 4. The highest BCUT2D eigenvalue weighted by molar-refractivity contribution is 6.06. The molecule has 0 saturated carbocycles. The summed E-state index contributed by atoms with van der Waals surface area (Å²) in [4.78, 5) is 27.1. The van der Waals surface area contributed by atoms with Crippen LogP contribution in [0.15, 0.2) is 60.8 Å². The van der Waals surface area contributed by atoms with E-state index in [1.807, 2.05) is 61.5 Å². The number of hydrogen-bond acceptors (Lipinski definition) is 3. The molecule has 0 unspecified atom stereocenters. The van der Waals surface area contributed by atoms with Gasteiger partial charge in [-0.3, -0.25) is 10.2 Å². The van der Waals surface area contributed by atoms with E-state index >= 15 is 0 Å². The highest BCUT2D eigenvalue weighted by atomic mass is 16.5. The average molecular weight is 380 g/mol. The molecule has 3 aromatic rings. The topological polar surface area (TPSA) is 95.2 Å². The van der Waals surface area contributed by atoms with Crippen LogP contribution >= 0.6 is 0 Å². The number of benzene rings is 2. The van der Waals surface area contributed by atoms with Crippen molar-refractivity contribution in [3.63, 3.8) is 0 Å². The second-order valence-electron chi connectivity index (χ2n) is 6.36. The number of amides is 3. The van der Waals surface area contributed by atoms with Gasteiger partial charge in [0.05, 0.1) is 11.7 Å². The molecule has 2 aromatic carbocycles. The van der Waals surface area contributed by atoms with Crippen LogP contribution in [0.1, 0.15) is 35.4 Å². The van der Waals surface area contributed by atoms with Crippen molar-refractivity contribution in [1.82, 2.24) is 21.2 Å². The first kappa shape index (κ1) is 19.4. The van der Waals surface area contributed by atoms with E-state index in [2.05, 4.69) is 21.2 Å². The lowest BCUT2D eigenvalue weighted by Crippen LogP contribution is -2.47. The molecule has 0 bridgehead atoms. The zero-order valence-corrected chi connectivity index (χ0v) is 15.7. The number of hydrogen-bond donors (Lipinski definition) is 4. The highest BCUT2D eigenvalue weighted by Gasteiger charge is 2.12. The maximum absolute atomic E-state index is 12.2. The Morgan fingerprint density at radius 3 is 2.61 bits per heavy atom. The largest absolute Gasteiger partial charge is 0.374 e. The number of ether oxygens (including phenoxy) is 1. The lowest BCUT2D eigenvalue weighted by molar-refractivity contribution is 0.0643. The minimum absolute atomic E-state index is 0.00508. The number of aromatic nitrogens is 1. The van der Waals surface area contributed by atoms with E-state index in [0.717, 1.165) is 16.5 Å². The standard InChI is InChI=1S/C21H24N4O3/c1-15(16-8-3-2-4-9-16)28-13-7-12-22-21(27)25-24-20(26)18-14-23-19-11-6-5-10-17(18)19/h2-6,8-11,14-15,23H,7,12-13H2,1H3,(H,24,26)(H2,22,25,27)/t15-/m1/s1. The predicted molar refractivity (Wildman–Crippen MR) is 108 cm³/mol. The lowest BCUT2D eigenvalue weighted by atomic mass is 10.1. The molecule has 146 valence electrons. The van der Waals surface area contributed by atoms with E-state index in [-0.39, 0.29) is 12.0 Å². The van der Waals surface area contributed by atoms with Gasteiger partial charge in [0.25, 0.3) is 5.91 Å². The first-order valence-corrected chi connectivity index (χ1v) is 9.22. The van der Waals surface area contributed by atoms with Crippen LogP contribution < -0.4 is 16.2 Å². The fourth-order valence-corrected chi connectivity index (χ4v) is 2.84. The quantitative estimate of drug-likeness (QED) is 0.374. The van der Waals surface area contributed by atoms with Crippen LogP contribution in [0, 0.1) is 0 Å². The predicted octanol–water partition coefficient (Wildman–Crippen LogP) is 3.28. The highest BCUT2D eigenvalue weighted by Crippen LogP contribution is 2.17. The summed E-state index contributed by atoms with van der Waals surface area (Å²) in [7, 11) is 0. The van der Waals surface area contributed by atoms with Crippen molar-refractivity contribution >= 4 is 22.8 Å². The summed E-state index contributed by atoms with van der Waals surface area (Å²) in [5.41, 5.74) is 7.22. The number of para-hydroxylation sites is 1. The summed E-state index contributed by atoms with van der Waals surface area (Å²) in [6, 6.07) is 17.0. The van der Waals surface area contributed by atoms with Crippen LogP contribution in [0.25, 0.3) is 10.9 Å². The van der Waals surface area contributed by atoms with Crippen molar-refractivity contribution in [3.05, 3.63) is 71.9 Å². The van der Waals surface area contributed by atoms with Crippen LogP contribution in [0.3, 0.4) is 0 Å². The monoisotopic (exact) mass is 380 g/mol. The Bertz CT molecular complexity index is 924. The Morgan fingerprint density at radius 2 is 1.79 bits per heavy atom. The number of rotatable bonds is 7. The van der Waals surface area contributed by atoms with Crippen molar-refractivity contribution in [2.24, 2.45) is 0 Å². The van der Waals surface area contributed by atoms with Gasteiger partial charge in [0.2, 0.25) is 0 Å². The van der Waals surface area contributed by atoms with Crippen LogP contribution in [0.4, 0.5) is 4.79 Å². The molecule has 1 atom stereocenters. The summed E-state index contributed by atoms with van der Waals surface area (Å²) >= 11 is 0. The number of carbonyl (C=O) groups is 2. The molecule has 3 rings (SSSR count). The maximum Gasteiger partial charge on any atom is 0.333 e. The number of H-pyrrole nitrogens is 1. The van der Waals surface area contributed by atoms with Crippen LogP contribution in [-0.4, -0.2) is 30.1 Å². The third-order valence-electron chi connectivity index (χ3n) is 4.37. The molecule has 0 spiro atoms. The summed E-state index contributed by atoms with van der Waals surface area (Å²) < 4.78 is 5.75. The van der Waals surface area contributed by atoms with Gasteiger partial charge in [-0.1, -0.05) is 48.5 Å². The van der Waals surface area contributed by atoms with E-state index in [9.17, 15) is 9.59 Å². The normalized spacial score (nSPS) is 11.8. The first-order valence-electron chi connectivity index (χ1n) is 9.22.